The van der Waals surface area contributed by atoms with Crippen molar-refractivity contribution in [1.29, 1.82) is 0 Å². The van der Waals surface area contributed by atoms with Crippen molar-refractivity contribution < 1.29 is 9.22 Å². The van der Waals surface area contributed by atoms with E-state index in [0.29, 0.717) is 25.8 Å². The van der Waals surface area contributed by atoms with Crippen molar-refractivity contribution in [3.8, 4) is 0 Å². The number of rotatable bonds is 7. The van der Waals surface area contributed by atoms with Gasteiger partial charge in [-0.25, -0.2) is 0 Å². The first kappa shape index (κ1) is 20.2. The molecule has 0 unspecified atom stereocenters. The monoisotopic (exact) mass is 417 g/mol. The van der Waals surface area contributed by atoms with Gasteiger partial charge in [-0.1, -0.05) is 0 Å². The second kappa shape index (κ2) is 7.65. The first-order chi connectivity index (χ1) is 11.1. The zero-order valence-corrected chi connectivity index (χ0v) is 19.2. The number of hydrogen-bond acceptors (Lipinski definition) is 2. The average molecular weight is 417 g/mol. The number of unbranched alkanes of at least 4 members (excludes halogenated alkanes) is 2. The summed E-state index contributed by atoms with van der Waals surface area (Å²) in [5, 5.41) is 0.191. The first-order valence-corrected chi connectivity index (χ1v) is 14.2. The average Bonchev–Trinajstić information content (AvgIpc) is 2.45. The third-order valence-electron chi connectivity index (χ3n) is 5.79. The fraction of sp³-hybridized carbons (Fsp3) is 0.842. The molecule has 2 heterocycles. The third-order valence-corrected chi connectivity index (χ3v) is 13.4. The van der Waals surface area contributed by atoms with Crippen LogP contribution < -0.4 is 0 Å². The number of fused-ring (bicyclic) bond motifs is 1. The molecule has 2 aliphatic rings. The van der Waals surface area contributed by atoms with Crippen LogP contribution in [0.25, 0.3) is 0 Å². The van der Waals surface area contributed by atoms with Crippen molar-refractivity contribution in [2.45, 2.75) is 89.5 Å². The van der Waals surface area contributed by atoms with E-state index in [4.69, 9.17) is 4.43 Å². The molecule has 1 amide bonds. The number of allylic oxidation sites excluding steroid dienone is 1. The zero-order valence-electron chi connectivity index (χ0n) is 16.5. The fourth-order valence-electron chi connectivity index (χ4n) is 3.14. The van der Waals surface area contributed by atoms with Gasteiger partial charge in [-0.15, -0.1) is 0 Å². The Morgan fingerprint density at radius 3 is 2.62 bits per heavy atom. The molecule has 0 spiro atoms. The van der Waals surface area contributed by atoms with Crippen molar-refractivity contribution in [3.63, 3.8) is 0 Å². The Morgan fingerprint density at radius 2 is 2.04 bits per heavy atom. The van der Waals surface area contributed by atoms with Crippen LogP contribution in [-0.2, 0) is 9.22 Å². The second-order valence-corrected chi connectivity index (χ2v) is 16.1. The number of hydrogen-bond donors (Lipinski definition) is 0. The molecular formula is C19H35NO2SeSi. The van der Waals surface area contributed by atoms with E-state index in [0.717, 1.165) is 6.54 Å². The van der Waals surface area contributed by atoms with Crippen molar-refractivity contribution >= 4 is 29.2 Å². The topological polar surface area (TPSA) is 29.5 Å². The Kier molecular flexibility index (Phi) is 6.45. The molecule has 2 aliphatic heterocycles. The molecule has 2 rings (SSSR count). The number of amides is 1. The van der Waals surface area contributed by atoms with Gasteiger partial charge < -0.3 is 0 Å². The van der Waals surface area contributed by atoms with Crippen LogP contribution in [0.15, 0.2) is 10.5 Å². The number of carbonyl (C=O) groups is 1. The summed E-state index contributed by atoms with van der Waals surface area (Å²) >= 11 is 0.426. The minimum atomic E-state index is -1.82. The van der Waals surface area contributed by atoms with E-state index in [1.165, 1.54) is 25.7 Å². The molecule has 24 heavy (non-hydrogen) atoms. The molecule has 0 aliphatic carbocycles. The van der Waals surface area contributed by atoms with Crippen LogP contribution >= 0.6 is 0 Å². The van der Waals surface area contributed by atoms with Gasteiger partial charge in [-0.2, -0.15) is 0 Å². The standard InChI is InChI=1S/C19H35NO2SeSi/c1-8-9-10-11-15-12-13-20-17(21)16(18(20)23-15)14(2)22-24(6,7)19(3,4)5/h12,14,16,18H,8-11,13H2,1-7H3/t14-,16+,18-/m1/s1. The summed E-state index contributed by atoms with van der Waals surface area (Å²) in [6.45, 7) is 16.6. The zero-order chi connectivity index (χ0) is 18.1. The number of β-lactam (4-membered cyclic amide) rings is 1. The van der Waals surface area contributed by atoms with Gasteiger partial charge in [-0.3, -0.25) is 0 Å². The van der Waals surface area contributed by atoms with Crippen LogP contribution in [0.5, 0.6) is 0 Å². The molecule has 5 heteroatoms. The molecule has 0 aromatic heterocycles. The van der Waals surface area contributed by atoms with Crippen molar-refractivity contribution in [3.05, 3.63) is 10.5 Å². The normalized spacial score (nSPS) is 25.9. The SMILES string of the molecule is CCCCCC1=CCN2C(=O)[C@H]([C@@H](C)O[Si](C)(C)C(C)(C)C)[C@H]2[Se]1. The van der Waals surface area contributed by atoms with Crippen LogP contribution in [0.3, 0.4) is 0 Å². The van der Waals surface area contributed by atoms with E-state index in [1.54, 1.807) is 4.47 Å². The van der Waals surface area contributed by atoms with Crippen LogP contribution in [0, 0.1) is 5.92 Å². The molecular weight excluding hydrogens is 381 g/mol. The summed E-state index contributed by atoms with van der Waals surface area (Å²) in [5.74, 6) is 0.408. The molecule has 138 valence electrons. The maximum absolute atomic E-state index is 12.6. The van der Waals surface area contributed by atoms with Gasteiger partial charge in [-0.05, 0) is 0 Å². The van der Waals surface area contributed by atoms with E-state index >= 15 is 0 Å². The summed E-state index contributed by atoms with van der Waals surface area (Å²) < 4.78 is 8.16. The first-order valence-electron chi connectivity index (χ1n) is 9.42. The van der Waals surface area contributed by atoms with Crippen molar-refractivity contribution in [1.82, 2.24) is 4.90 Å². The van der Waals surface area contributed by atoms with E-state index < -0.39 is 8.32 Å². The predicted octanol–water partition coefficient (Wildman–Crippen LogP) is 4.36. The van der Waals surface area contributed by atoms with Gasteiger partial charge in [0.15, 0.2) is 0 Å². The molecule has 0 N–H and O–H groups in total. The summed E-state index contributed by atoms with van der Waals surface area (Å²) in [4.78, 5) is 15.1. The van der Waals surface area contributed by atoms with Gasteiger partial charge >= 0.3 is 156 Å². The van der Waals surface area contributed by atoms with Crippen LogP contribution in [0.2, 0.25) is 18.1 Å². The van der Waals surface area contributed by atoms with Gasteiger partial charge in [0.2, 0.25) is 0 Å². The molecule has 1 saturated heterocycles. The fourth-order valence-corrected chi connectivity index (χ4v) is 7.81. The maximum atomic E-state index is 12.6. The molecule has 3 atom stereocenters. The second-order valence-electron chi connectivity index (χ2n) is 8.74. The van der Waals surface area contributed by atoms with E-state index in [-0.39, 0.29) is 17.1 Å². The summed E-state index contributed by atoms with van der Waals surface area (Å²) in [6.07, 6.45) is 7.49. The molecule has 0 aromatic rings. The van der Waals surface area contributed by atoms with Gasteiger partial charge in [0, 0.05) is 0 Å². The quantitative estimate of drug-likeness (QED) is 0.351. The molecule has 0 radical (unpaired) electrons. The Balaban J connectivity index is 1.98. The minimum absolute atomic E-state index is 0.0523. The number of nitrogens with zero attached hydrogens (tertiary/aromatic N) is 1. The Morgan fingerprint density at radius 1 is 1.38 bits per heavy atom. The van der Waals surface area contributed by atoms with Crippen LogP contribution in [0.1, 0.15) is 60.3 Å². The van der Waals surface area contributed by atoms with Crippen LogP contribution in [-0.4, -0.2) is 51.7 Å². The predicted molar refractivity (Wildman–Crippen MR) is 105 cm³/mol. The molecule has 0 aromatic carbocycles. The van der Waals surface area contributed by atoms with E-state index in [9.17, 15) is 4.79 Å². The number of carbonyl (C=O) groups excluding carboxylic acids is 1. The molecule has 0 saturated carbocycles. The summed E-state index contributed by atoms with van der Waals surface area (Å²) in [5.41, 5.74) is 0. The van der Waals surface area contributed by atoms with Crippen molar-refractivity contribution in [2.75, 3.05) is 6.54 Å². The van der Waals surface area contributed by atoms with Gasteiger partial charge in [0.25, 0.3) is 0 Å². The molecule has 0 bridgehead atoms. The summed E-state index contributed by atoms with van der Waals surface area (Å²) in [7, 11) is -1.82. The summed E-state index contributed by atoms with van der Waals surface area (Å²) in [6, 6.07) is 0. The Hall–Kier alpha value is -0.0936. The van der Waals surface area contributed by atoms with E-state index in [1.807, 2.05) is 0 Å². The van der Waals surface area contributed by atoms with Gasteiger partial charge in [0.05, 0.1) is 0 Å². The Labute approximate surface area is 155 Å². The van der Waals surface area contributed by atoms with Crippen LogP contribution in [0.4, 0.5) is 0 Å². The van der Waals surface area contributed by atoms with E-state index in [2.05, 4.69) is 58.7 Å². The molecule has 3 nitrogen and oxygen atoms in total. The Bertz CT molecular complexity index is 498. The third kappa shape index (κ3) is 4.17. The van der Waals surface area contributed by atoms with Crippen molar-refractivity contribution in [2.24, 2.45) is 5.92 Å². The molecule has 1 fully saturated rings. The van der Waals surface area contributed by atoms with Gasteiger partial charge in [0.1, 0.15) is 0 Å².